The third kappa shape index (κ3) is 2.85. The number of rotatable bonds is 3. The second-order valence-corrected chi connectivity index (χ2v) is 5.40. The molecule has 0 aliphatic carbocycles. The van der Waals surface area contributed by atoms with E-state index in [1.165, 1.54) is 5.56 Å². The number of nitrogens with zero attached hydrogens (tertiary/aromatic N) is 2. The quantitative estimate of drug-likeness (QED) is 0.833. The van der Waals surface area contributed by atoms with Crippen molar-refractivity contribution in [3.63, 3.8) is 0 Å². The maximum atomic E-state index is 12.4. The normalized spacial score (nSPS) is 21.2. The van der Waals surface area contributed by atoms with E-state index in [1.807, 2.05) is 18.2 Å². The van der Waals surface area contributed by atoms with Crippen LogP contribution >= 0.6 is 0 Å². The number of fused-ring (bicyclic) bond motifs is 1. The molecular formula is C15H19N3O3. The number of ether oxygens (including phenoxy) is 1. The van der Waals surface area contributed by atoms with Crippen molar-refractivity contribution >= 4 is 17.5 Å². The van der Waals surface area contributed by atoms with Gasteiger partial charge in [-0.2, -0.15) is 0 Å². The highest BCUT2D eigenvalue weighted by Crippen LogP contribution is 2.27. The molecule has 0 spiro atoms. The Morgan fingerprint density at radius 3 is 2.90 bits per heavy atom. The van der Waals surface area contributed by atoms with Gasteiger partial charge in [0, 0.05) is 18.8 Å². The van der Waals surface area contributed by atoms with Crippen LogP contribution < -0.4 is 10.6 Å². The summed E-state index contributed by atoms with van der Waals surface area (Å²) in [4.78, 5) is 27.3. The van der Waals surface area contributed by atoms with E-state index in [2.05, 4.69) is 11.0 Å². The number of nitrogens with two attached hydrogens (primary N) is 1. The highest BCUT2D eigenvalue weighted by Gasteiger charge is 2.29. The van der Waals surface area contributed by atoms with E-state index in [0.29, 0.717) is 19.7 Å². The number of carbonyl (C=O) groups is 2. The summed E-state index contributed by atoms with van der Waals surface area (Å²) in [7, 11) is 0. The van der Waals surface area contributed by atoms with Crippen LogP contribution in [-0.2, 0) is 20.7 Å². The second-order valence-electron chi connectivity index (χ2n) is 5.40. The van der Waals surface area contributed by atoms with Crippen LogP contribution in [0.4, 0.5) is 5.69 Å². The third-order valence-electron chi connectivity index (χ3n) is 4.05. The molecule has 21 heavy (non-hydrogen) atoms. The maximum absolute atomic E-state index is 12.4. The SMILES string of the molecule is NC(=O)C1CN(C(=O)CN2CCc3ccccc32)CCO1. The zero-order valence-corrected chi connectivity index (χ0v) is 11.8. The number of morpholine rings is 1. The van der Waals surface area contributed by atoms with E-state index in [0.717, 1.165) is 18.7 Å². The molecule has 6 nitrogen and oxygen atoms in total. The number of primary amides is 1. The Hall–Kier alpha value is -2.08. The van der Waals surface area contributed by atoms with Gasteiger partial charge in [0.1, 0.15) is 0 Å². The Morgan fingerprint density at radius 1 is 1.29 bits per heavy atom. The Balaban J connectivity index is 1.63. The molecule has 2 N–H and O–H groups in total. The van der Waals surface area contributed by atoms with Crippen molar-refractivity contribution in [2.75, 3.05) is 37.7 Å². The van der Waals surface area contributed by atoms with Gasteiger partial charge in [0.25, 0.3) is 0 Å². The number of hydrogen-bond donors (Lipinski definition) is 1. The summed E-state index contributed by atoms with van der Waals surface area (Å²) in [6.45, 7) is 2.31. The molecule has 112 valence electrons. The minimum atomic E-state index is -0.687. The minimum Gasteiger partial charge on any atom is -0.367 e. The Morgan fingerprint density at radius 2 is 2.10 bits per heavy atom. The lowest BCUT2D eigenvalue weighted by Crippen LogP contribution is -2.52. The van der Waals surface area contributed by atoms with Gasteiger partial charge in [-0.25, -0.2) is 0 Å². The topological polar surface area (TPSA) is 75.9 Å². The van der Waals surface area contributed by atoms with Crippen LogP contribution in [0.15, 0.2) is 24.3 Å². The van der Waals surface area contributed by atoms with Crippen LogP contribution in [0.3, 0.4) is 0 Å². The molecule has 1 atom stereocenters. The van der Waals surface area contributed by atoms with Crippen LogP contribution in [0, 0.1) is 0 Å². The van der Waals surface area contributed by atoms with E-state index in [9.17, 15) is 9.59 Å². The van der Waals surface area contributed by atoms with Crippen LogP contribution in [0.1, 0.15) is 5.56 Å². The predicted octanol–water partition coefficient (Wildman–Crippen LogP) is -0.238. The fraction of sp³-hybridized carbons (Fsp3) is 0.467. The third-order valence-corrected chi connectivity index (χ3v) is 4.05. The number of benzene rings is 1. The summed E-state index contributed by atoms with van der Waals surface area (Å²) in [5.74, 6) is -0.500. The zero-order valence-electron chi connectivity index (χ0n) is 11.8. The van der Waals surface area contributed by atoms with E-state index in [-0.39, 0.29) is 12.5 Å². The summed E-state index contributed by atoms with van der Waals surface area (Å²) in [5.41, 5.74) is 7.65. The number of hydrogen-bond acceptors (Lipinski definition) is 4. The molecule has 2 aliphatic heterocycles. The first-order valence-electron chi connectivity index (χ1n) is 7.16. The van der Waals surface area contributed by atoms with Gasteiger partial charge in [0.2, 0.25) is 11.8 Å². The van der Waals surface area contributed by atoms with Crippen molar-refractivity contribution in [1.82, 2.24) is 4.90 Å². The number of anilines is 1. The fourth-order valence-electron chi connectivity index (χ4n) is 2.88. The van der Waals surface area contributed by atoms with Crippen molar-refractivity contribution in [3.05, 3.63) is 29.8 Å². The number of amides is 2. The van der Waals surface area contributed by atoms with Gasteiger partial charge in [0.05, 0.1) is 19.7 Å². The van der Waals surface area contributed by atoms with E-state index in [1.54, 1.807) is 4.90 Å². The Kier molecular flexibility index (Phi) is 3.79. The minimum absolute atomic E-state index is 0.0150. The lowest BCUT2D eigenvalue weighted by atomic mass is 10.2. The molecule has 0 bridgehead atoms. The highest BCUT2D eigenvalue weighted by atomic mass is 16.5. The van der Waals surface area contributed by atoms with Gasteiger partial charge in [-0.3, -0.25) is 9.59 Å². The van der Waals surface area contributed by atoms with Crippen LogP contribution in [0.5, 0.6) is 0 Å². The maximum Gasteiger partial charge on any atom is 0.248 e. The van der Waals surface area contributed by atoms with Crippen molar-refractivity contribution in [2.45, 2.75) is 12.5 Å². The standard InChI is InChI=1S/C15H19N3O3/c16-15(20)13-9-18(7-8-21-13)14(19)10-17-6-5-11-3-1-2-4-12(11)17/h1-4,13H,5-10H2,(H2,16,20). The monoisotopic (exact) mass is 289 g/mol. The summed E-state index contributed by atoms with van der Waals surface area (Å²) in [5, 5.41) is 0. The Labute approximate surface area is 123 Å². The molecule has 2 heterocycles. The molecule has 1 aromatic carbocycles. The lowest BCUT2D eigenvalue weighted by molar-refractivity contribution is -0.144. The largest absolute Gasteiger partial charge is 0.367 e. The van der Waals surface area contributed by atoms with Gasteiger partial charge >= 0.3 is 0 Å². The van der Waals surface area contributed by atoms with Crippen molar-refractivity contribution in [1.29, 1.82) is 0 Å². The average Bonchev–Trinajstić information content (AvgIpc) is 2.91. The van der Waals surface area contributed by atoms with Crippen LogP contribution in [0.2, 0.25) is 0 Å². The predicted molar refractivity (Wildman–Crippen MR) is 77.9 cm³/mol. The smallest absolute Gasteiger partial charge is 0.248 e. The first-order valence-corrected chi connectivity index (χ1v) is 7.16. The fourth-order valence-corrected chi connectivity index (χ4v) is 2.88. The van der Waals surface area contributed by atoms with E-state index in [4.69, 9.17) is 10.5 Å². The molecule has 0 saturated carbocycles. The number of carbonyl (C=O) groups excluding carboxylic acids is 2. The first kappa shape index (κ1) is 13.9. The average molecular weight is 289 g/mol. The van der Waals surface area contributed by atoms with Crippen LogP contribution in [-0.4, -0.2) is 55.6 Å². The molecule has 1 aromatic rings. The van der Waals surface area contributed by atoms with Crippen molar-refractivity contribution in [2.24, 2.45) is 5.73 Å². The molecule has 1 fully saturated rings. The molecule has 6 heteroatoms. The van der Waals surface area contributed by atoms with Gasteiger partial charge in [-0.1, -0.05) is 18.2 Å². The van der Waals surface area contributed by atoms with Crippen LogP contribution in [0.25, 0.3) is 0 Å². The molecule has 2 aliphatic rings. The molecule has 1 saturated heterocycles. The zero-order chi connectivity index (χ0) is 14.8. The second kappa shape index (κ2) is 5.73. The van der Waals surface area contributed by atoms with E-state index >= 15 is 0 Å². The molecule has 3 rings (SSSR count). The molecule has 0 radical (unpaired) electrons. The highest BCUT2D eigenvalue weighted by molar-refractivity contribution is 5.84. The lowest BCUT2D eigenvalue weighted by Gasteiger charge is -2.32. The summed E-state index contributed by atoms with van der Waals surface area (Å²) < 4.78 is 5.26. The molecule has 0 aromatic heterocycles. The summed E-state index contributed by atoms with van der Waals surface area (Å²) >= 11 is 0. The molecule has 2 amide bonds. The summed E-state index contributed by atoms with van der Waals surface area (Å²) in [6, 6.07) is 8.14. The molecular weight excluding hydrogens is 270 g/mol. The Bertz CT molecular complexity index is 561. The van der Waals surface area contributed by atoms with Gasteiger partial charge in [-0.15, -0.1) is 0 Å². The van der Waals surface area contributed by atoms with E-state index < -0.39 is 12.0 Å². The summed E-state index contributed by atoms with van der Waals surface area (Å²) in [6.07, 6.45) is 0.282. The van der Waals surface area contributed by atoms with Gasteiger partial charge in [0.15, 0.2) is 6.10 Å². The van der Waals surface area contributed by atoms with Crippen molar-refractivity contribution in [3.8, 4) is 0 Å². The van der Waals surface area contributed by atoms with Gasteiger partial charge < -0.3 is 20.3 Å². The van der Waals surface area contributed by atoms with Crippen molar-refractivity contribution < 1.29 is 14.3 Å². The number of para-hydroxylation sites is 1. The first-order chi connectivity index (χ1) is 10.1. The molecule has 1 unspecified atom stereocenters. The van der Waals surface area contributed by atoms with Gasteiger partial charge in [-0.05, 0) is 18.1 Å².